The predicted octanol–water partition coefficient (Wildman–Crippen LogP) is 3.42. The van der Waals surface area contributed by atoms with Gasteiger partial charge in [0.05, 0.1) is 15.5 Å². The molecule has 28 heavy (non-hydrogen) atoms. The smallest absolute Gasteiger partial charge is 0.264 e. The third-order valence-electron chi connectivity index (χ3n) is 4.41. The average Bonchev–Trinajstić information content (AvgIpc) is 3.04. The SMILES string of the molecule is CC(C)(C)CNS(=O)(=O)c1ccc2c(c1)CCN2S(=O)(=O)c1ccc(Cl)cc1. The number of sulfonamides is 2. The number of nitrogens with zero attached hydrogens (tertiary/aromatic N) is 1. The molecule has 0 atom stereocenters. The van der Waals surface area contributed by atoms with Gasteiger partial charge >= 0.3 is 0 Å². The van der Waals surface area contributed by atoms with E-state index in [2.05, 4.69) is 4.72 Å². The van der Waals surface area contributed by atoms with Crippen molar-refractivity contribution < 1.29 is 16.8 Å². The van der Waals surface area contributed by atoms with Gasteiger partial charge in [-0.15, -0.1) is 0 Å². The summed E-state index contributed by atoms with van der Waals surface area (Å²) >= 11 is 5.85. The second-order valence-electron chi connectivity index (χ2n) is 7.96. The first kappa shape index (κ1) is 21.1. The van der Waals surface area contributed by atoms with Crippen molar-refractivity contribution in [2.45, 2.75) is 37.0 Å². The van der Waals surface area contributed by atoms with Gasteiger partial charge in [0.15, 0.2) is 0 Å². The van der Waals surface area contributed by atoms with Crippen molar-refractivity contribution in [1.29, 1.82) is 0 Å². The van der Waals surface area contributed by atoms with E-state index in [0.29, 0.717) is 29.2 Å². The van der Waals surface area contributed by atoms with Crippen molar-refractivity contribution in [3.05, 3.63) is 53.1 Å². The Kier molecular flexibility index (Phi) is 5.53. The zero-order valence-corrected chi connectivity index (χ0v) is 18.3. The molecule has 1 aliphatic rings. The summed E-state index contributed by atoms with van der Waals surface area (Å²) in [7, 11) is -7.39. The molecule has 9 heteroatoms. The fourth-order valence-corrected chi connectivity index (χ4v) is 5.86. The summed E-state index contributed by atoms with van der Waals surface area (Å²) in [5.74, 6) is 0. The van der Waals surface area contributed by atoms with E-state index < -0.39 is 20.0 Å². The summed E-state index contributed by atoms with van der Waals surface area (Å²) < 4.78 is 54.9. The third-order valence-corrected chi connectivity index (χ3v) is 7.89. The molecule has 1 aliphatic heterocycles. The highest BCUT2D eigenvalue weighted by Crippen LogP contribution is 2.34. The lowest BCUT2D eigenvalue weighted by Crippen LogP contribution is -2.32. The molecular weight excluding hydrogens is 420 g/mol. The van der Waals surface area contributed by atoms with E-state index in [1.165, 1.54) is 34.6 Å². The van der Waals surface area contributed by atoms with Crippen LogP contribution in [-0.4, -0.2) is 29.9 Å². The maximum absolute atomic E-state index is 13.0. The zero-order valence-electron chi connectivity index (χ0n) is 15.9. The predicted molar refractivity (Wildman–Crippen MR) is 111 cm³/mol. The van der Waals surface area contributed by atoms with Gasteiger partial charge in [-0.2, -0.15) is 0 Å². The third kappa shape index (κ3) is 4.35. The van der Waals surface area contributed by atoms with Crippen LogP contribution in [0, 0.1) is 5.41 Å². The Morgan fingerprint density at radius 3 is 2.21 bits per heavy atom. The summed E-state index contributed by atoms with van der Waals surface area (Å²) in [6.45, 7) is 6.40. The highest BCUT2D eigenvalue weighted by atomic mass is 35.5. The van der Waals surface area contributed by atoms with E-state index in [0.717, 1.165) is 0 Å². The molecule has 0 saturated carbocycles. The lowest BCUT2D eigenvalue weighted by Gasteiger charge is -2.20. The molecule has 0 bridgehead atoms. The van der Waals surface area contributed by atoms with Crippen LogP contribution in [-0.2, 0) is 26.5 Å². The fourth-order valence-electron chi connectivity index (χ4n) is 2.89. The van der Waals surface area contributed by atoms with Crippen molar-refractivity contribution in [3.63, 3.8) is 0 Å². The molecule has 6 nitrogen and oxygen atoms in total. The Morgan fingerprint density at radius 2 is 1.61 bits per heavy atom. The monoisotopic (exact) mass is 442 g/mol. The fraction of sp³-hybridized carbons (Fsp3) is 0.368. The van der Waals surface area contributed by atoms with Gasteiger partial charge in [0.25, 0.3) is 10.0 Å². The molecule has 152 valence electrons. The number of hydrogen-bond donors (Lipinski definition) is 1. The summed E-state index contributed by atoms with van der Waals surface area (Å²) in [6, 6.07) is 10.5. The van der Waals surface area contributed by atoms with Crippen molar-refractivity contribution in [2.75, 3.05) is 17.4 Å². The molecule has 0 fully saturated rings. The minimum Gasteiger partial charge on any atom is -0.266 e. The number of halogens is 1. The van der Waals surface area contributed by atoms with Crippen LogP contribution in [0.2, 0.25) is 5.02 Å². The van der Waals surface area contributed by atoms with Gasteiger partial charge < -0.3 is 0 Å². The number of nitrogens with one attached hydrogen (secondary N) is 1. The Hall–Kier alpha value is -1.61. The van der Waals surface area contributed by atoms with Gasteiger partial charge in [0, 0.05) is 18.1 Å². The second kappa shape index (κ2) is 7.33. The summed E-state index contributed by atoms with van der Waals surface area (Å²) in [4.78, 5) is 0.287. The largest absolute Gasteiger partial charge is 0.266 e. The molecule has 2 aromatic carbocycles. The highest BCUT2D eigenvalue weighted by Gasteiger charge is 2.32. The zero-order chi connectivity index (χ0) is 20.7. The molecule has 1 N–H and O–H groups in total. The topological polar surface area (TPSA) is 83.6 Å². The number of benzene rings is 2. The normalized spacial score (nSPS) is 14.9. The van der Waals surface area contributed by atoms with Crippen LogP contribution in [0.5, 0.6) is 0 Å². The molecule has 0 amide bonds. The van der Waals surface area contributed by atoms with Crippen LogP contribution >= 0.6 is 11.6 Å². The number of fused-ring (bicyclic) bond motifs is 1. The van der Waals surface area contributed by atoms with Crippen molar-refractivity contribution in [3.8, 4) is 0 Å². The summed E-state index contributed by atoms with van der Waals surface area (Å²) in [5.41, 5.74) is 1.01. The first-order chi connectivity index (χ1) is 12.9. The van der Waals surface area contributed by atoms with Crippen molar-refractivity contribution in [1.82, 2.24) is 4.72 Å². The molecule has 0 aromatic heterocycles. The van der Waals surface area contributed by atoms with Gasteiger partial charge in [0.1, 0.15) is 0 Å². The minimum atomic E-state index is -3.74. The van der Waals surface area contributed by atoms with E-state index >= 15 is 0 Å². The minimum absolute atomic E-state index is 0.140. The van der Waals surface area contributed by atoms with E-state index in [1.54, 1.807) is 12.1 Å². The van der Waals surface area contributed by atoms with Gasteiger partial charge in [0.2, 0.25) is 10.0 Å². The molecule has 0 saturated heterocycles. The average molecular weight is 443 g/mol. The molecule has 1 heterocycles. The number of hydrogen-bond acceptors (Lipinski definition) is 4. The number of rotatable bonds is 5. The van der Waals surface area contributed by atoms with Gasteiger partial charge in [-0.05, 0) is 59.9 Å². The molecule has 3 rings (SSSR count). The van der Waals surface area contributed by atoms with E-state index in [-0.39, 0.29) is 21.8 Å². The van der Waals surface area contributed by atoms with Crippen LogP contribution in [0.1, 0.15) is 26.3 Å². The Bertz CT molecular complexity index is 1090. The van der Waals surface area contributed by atoms with Gasteiger partial charge in [-0.25, -0.2) is 21.6 Å². The van der Waals surface area contributed by atoms with Crippen molar-refractivity contribution >= 4 is 37.3 Å². The molecule has 0 aliphatic carbocycles. The van der Waals surface area contributed by atoms with Crippen LogP contribution < -0.4 is 9.03 Å². The Labute approximate surface area is 171 Å². The molecule has 0 spiro atoms. The Morgan fingerprint density at radius 1 is 1.00 bits per heavy atom. The van der Waals surface area contributed by atoms with E-state index in [1.807, 2.05) is 20.8 Å². The van der Waals surface area contributed by atoms with Crippen LogP contribution in [0.15, 0.2) is 52.3 Å². The maximum atomic E-state index is 13.0. The first-order valence-electron chi connectivity index (χ1n) is 8.81. The summed E-state index contributed by atoms with van der Waals surface area (Å²) in [5, 5.41) is 0.457. The standard InChI is InChI=1S/C19H23ClN2O4S2/c1-19(2,3)13-21-27(23,24)17-8-9-18-14(12-17)10-11-22(18)28(25,26)16-6-4-15(20)5-7-16/h4-9,12,21H,10-11,13H2,1-3H3. The molecule has 0 unspecified atom stereocenters. The van der Waals surface area contributed by atoms with Gasteiger partial charge in [-0.1, -0.05) is 32.4 Å². The number of anilines is 1. The molecule has 2 aromatic rings. The summed E-state index contributed by atoms with van der Waals surface area (Å²) in [6.07, 6.45) is 0.449. The Balaban J connectivity index is 1.90. The second-order valence-corrected chi connectivity index (χ2v) is 12.0. The highest BCUT2D eigenvalue weighted by molar-refractivity contribution is 7.92. The van der Waals surface area contributed by atoms with Crippen LogP contribution in [0.3, 0.4) is 0 Å². The maximum Gasteiger partial charge on any atom is 0.264 e. The van der Waals surface area contributed by atoms with Crippen molar-refractivity contribution in [2.24, 2.45) is 5.41 Å². The lowest BCUT2D eigenvalue weighted by atomic mass is 9.98. The van der Waals surface area contributed by atoms with Crippen LogP contribution in [0.25, 0.3) is 0 Å². The van der Waals surface area contributed by atoms with E-state index in [4.69, 9.17) is 11.6 Å². The van der Waals surface area contributed by atoms with Gasteiger partial charge in [-0.3, -0.25) is 4.31 Å². The quantitative estimate of drug-likeness (QED) is 0.768. The first-order valence-corrected chi connectivity index (χ1v) is 12.1. The lowest BCUT2D eigenvalue weighted by molar-refractivity contribution is 0.407. The van der Waals surface area contributed by atoms with E-state index in [9.17, 15) is 16.8 Å². The molecule has 0 radical (unpaired) electrons. The van der Waals surface area contributed by atoms with Crippen LogP contribution in [0.4, 0.5) is 5.69 Å². The molecular formula is C19H23ClN2O4S2.